The monoisotopic (exact) mass is 341 g/mol. The first-order valence-corrected chi connectivity index (χ1v) is 8.81. The molecule has 0 saturated carbocycles. The molecule has 1 aromatic carbocycles. The van der Waals surface area contributed by atoms with E-state index < -0.39 is 17.5 Å². The molecule has 0 spiro atoms. The number of fused-ring (bicyclic) bond motifs is 1. The number of rotatable bonds is 2. The van der Waals surface area contributed by atoms with Crippen LogP contribution in [0.5, 0.6) is 0 Å². The molecular formula is C20H23NO4. The van der Waals surface area contributed by atoms with Crippen LogP contribution in [0.1, 0.15) is 50.0 Å². The largest absolute Gasteiger partial charge is 0.504 e. The minimum atomic E-state index is -0.908. The van der Waals surface area contributed by atoms with Crippen molar-refractivity contribution >= 4 is 16.8 Å². The molecule has 5 nitrogen and oxygen atoms in total. The molecule has 0 amide bonds. The zero-order chi connectivity index (χ0) is 17.6. The summed E-state index contributed by atoms with van der Waals surface area (Å²) in [5.74, 6) is 0.270. The molecule has 1 atom stereocenters. The van der Waals surface area contributed by atoms with E-state index in [0.717, 1.165) is 36.9 Å². The number of benzene rings is 1. The Bertz CT molecular complexity index is 842. The lowest BCUT2D eigenvalue weighted by Gasteiger charge is -2.30. The number of carbonyl (C=O) groups excluding carboxylic acids is 1. The molecule has 1 aromatic heterocycles. The van der Waals surface area contributed by atoms with Gasteiger partial charge in [-0.3, -0.25) is 4.79 Å². The Balaban J connectivity index is 1.67. The number of furan rings is 1. The summed E-state index contributed by atoms with van der Waals surface area (Å²) in [5, 5.41) is 14.3. The van der Waals surface area contributed by atoms with E-state index in [-0.39, 0.29) is 5.76 Å². The molecule has 4 rings (SSSR count). The predicted molar refractivity (Wildman–Crippen MR) is 94.7 cm³/mol. The lowest BCUT2D eigenvalue weighted by atomic mass is 9.90. The van der Waals surface area contributed by atoms with Crippen molar-refractivity contribution in [2.24, 2.45) is 0 Å². The predicted octanol–water partition coefficient (Wildman–Crippen LogP) is 3.76. The molecule has 1 unspecified atom stereocenters. The summed E-state index contributed by atoms with van der Waals surface area (Å²) in [6.45, 7) is 5.70. The van der Waals surface area contributed by atoms with Gasteiger partial charge in [-0.25, -0.2) is 0 Å². The van der Waals surface area contributed by atoms with E-state index in [1.54, 1.807) is 13.8 Å². The molecule has 3 heterocycles. The number of hydrogen-bond acceptors (Lipinski definition) is 5. The number of ketones is 1. The van der Waals surface area contributed by atoms with Gasteiger partial charge in [-0.1, -0.05) is 6.07 Å². The van der Waals surface area contributed by atoms with Gasteiger partial charge in [0.05, 0.1) is 5.60 Å². The van der Waals surface area contributed by atoms with E-state index in [0.29, 0.717) is 11.7 Å². The van der Waals surface area contributed by atoms with Crippen LogP contribution in [0.25, 0.3) is 11.0 Å². The van der Waals surface area contributed by atoms with Crippen LogP contribution in [0.3, 0.4) is 0 Å². The Kier molecular flexibility index (Phi) is 3.93. The van der Waals surface area contributed by atoms with Gasteiger partial charge in [0.2, 0.25) is 5.78 Å². The molecule has 2 aromatic rings. The maximum atomic E-state index is 12.3. The van der Waals surface area contributed by atoms with Gasteiger partial charge in [-0.15, -0.1) is 0 Å². The van der Waals surface area contributed by atoms with E-state index in [1.165, 1.54) is 11.6 Å². The van der Waals surface area contributed by atoms with Gasteiger partial charge < -0.3 is 19.6 Å². The van der Waals surface area contributed by atoms with Crippen molar-refractivity contribution in [3.8, 4) is 0 Å². The maximum Gasteiger partial charge on any atom is 0.233 e. The van der Waals surface area contributed by atoms with Gasteiger partial charge in [-0.2, -0.15) is 0 Å². The van der Waals surface area contributed by atoms with Crippen LogP contribution < -0.4 is 5.32 Å². The second-order valence-corrected chi connectivity index (χ2v) is 7.47. The lowest BCUT2D eigenvalue weighted by molar-refractivity contribution is -0.143. The normalized spacial score (nSPS) is 24.5. The first kappa shape index (κ1) is 16.4. The summed E-state index contributed by atoms with van der Waals surface area (Å²) in [5.41, 5.74) is 1.32. The Morgan fingerprint density at radius 2 is 1.96 bits per heavy atom. The number of Topliss-reactive ketones (excluding diaryl/α,β-unsaturated/α-hetero) is 1. The highest BCUT2D eigenvalue weighted by molar-refractivity contribution is 5.98. The number of aliphatic hydroxyl groups excluding tert-OH is 1. The number of piperidine rings is 1. The van der Waals surface area contributed by atoms with E-state index in [2.05, 4.69) is 17.4 Å². The second-order valence-electron chi connectivity index (χ2n) is 7.47. The van der Waals surface area contributed by atoms with Gasteiger partial charge in [0.15, 0.2) is 11.9 Å². The third-order valence-electron chi connectivity index (χ3n) is 5.02. The minimum absolute atomic E-state index is 0.267. The standard InChI is InChI=1S/C20H23NO4/c1-20(2)11-15(22)18(23)19(25-20)17-10-14-9-13(3-4-16(14)24-17)12-5-7-21-8-6-12/h3-4,9-12,19,21-22H,5-8H2,1-2H3. The number of ether oxygens (including phenoxy) is 1. The highest BCUT2D eigenvalue weighted by Crippen LogP contribution is 2.36. The summed E-state index contributed by atoms with van der Waals surface area (Å²) in [6, 6.07) is 8.07. The molecular weight excluding hydrogens is 318 g/mol. The smallest absolute Gasteiger partial charge is 0.233 e. The van der Waals surface area contributed by atoms with Crippen LogP contribution in [0, 0.1) is 0 Å². The summed E-state index contributed by atoms with van der Waals surface area (Å²) < 4.78 is 11.7. The zero-order valence-corrected chi connectivity index (χ0v) is 14.5. The van der Waals surface area contributed by atoms with Gasteiger partial charge >= 0.3 is 0 Å². The van der Waals surface area contributed by atoms with Gasteiger partial charge in [0.25, 0.3) is 0 Å². The highest BCUT2D eigenvalue weighted by Gasteiger charge is 2.38. The third kappa shape index (κ3) is 3.10. The Morgan fingerprint density at radius 1 is 1.20 bits per heavy atom. The number of hydrogen-bond donors (Lipinski definition) is 2. The number of aliphatic hydroxyl groups is 1. The summed E-state index contributed by atoms with van der Waals surface area (Å²) in [6.07, 6.45) is 2.79. The van der Waals surface area contributed by atoms with Crippen molar-refractivity contribution in [3.05, 3.63) is 47.4 Å². The fourth-order valence-corrected chi connectivity index (χ4v) is 3.73. The van der Waals surface area contributed by atoms with Crippen molar-refractivity contribution in [3.63, 3.8) is 0 Å². The van der Waals surface area contributed by atoms with Crippen LogP contribution in [0.2, 0.25) is 0 Å². The molecule has 25 heavy (non-hydrogen) atoms. The SMILES string of the molecule is CC1(C)C=C(O)C(=O)C(c2cc3cc(C4CCNCC4)ccc3o2)O1. The second kappa shape index (κ2) is 6.00. The van der Waals surface area contributed by atoms with E-state index >= 15 is 0 Å². The molecule has 132 valence electrons. The van der Waals surface area contributed by atoms with E-state index in [1.807, 2.05) is 12.1 Å². The minimum Gasteiger partial charge on any atom is -0.504 e. The van der Waals surface area contributed by atoms with Gasteiger partial charge in [0.1, 0.15) is 11.3 Å². The quantitative estimate of drug-likeness (QED) is 0.870. The first-order valence-electron chi connectivity index (χ1n) is 8.81. The fourth-order valence-electron chi connectivity index (χ4n) is 3.73. The van der Waals surface area contributed by atoms with Crippen LogP contribution in [0.15, 0.2) is 40.5 Å². The summed E-state index contributed by atoms with van der Waals surface area (Å²) in [4.78, 5) is 12.3. The van der Waals surface area contributed by atoms with Crippen molar-refractivity contribution in [2.75, 3.05) is 13.1 Å². The number of nitrogens with one attached hydrogen (secondary N) is 1. The molecule has 2 N–H and O–H groups in total. The van der Waals surface area contributed by atoms with Gasteiger partial charge in [-0.05, 0) is 75.5 Å². The van der Waals surface area contributed by atoms with Crippen LogP contribution >= 0.6 is 0 Å². The van der Waals surface area contributed by atoms with Crippen molar-refractivity contribution < 1.29 is 19.1 Å². The average molecular weight is 341 g/mol. The zero-order valence-electron chi connectivity index (χ0n) is 14.5. The third-order valence-corrected chi connectivity index (χ3v) is 5.02. The van der Waals surface area contributed by atoms with E-state index in [9.17, 15) is 9.90 Å². The lowest BCUT2D eigenvalue weighted by Crippen LogP contribution is -2.34. The van der Waals surface area contributed by atoms with Crippen molar-refractivity contribution in [2.45, 2.75) is 44.3 Å². The molecule has 1 saturated heterocycles. The molecule has 1 fully saturated rings. The van der Waals surface area contributed by atoms with Crippen LogP contribution in [-0.2, 0) is 9.53 Å². The summed E-state index contributed by atoms with van der Waals surface area (Å²) in [7, 11) is 0. The number of carbonyl (C=O) groups is 1. The Morgan fingerprint density at radius 3 is 2.72 bits per heavy atom. The first-order chi connectivity index (χ1) is 11.9. The van der Waals surface area contributed by atoms with Gasteiger partial charge in [0, 0.05) is 5.39 Å². The fraction of sp³-hybridized carbons (Fsp3) is 0.450. The molecule has 0 radical (unpaired) electrons. The average Bonchev–Trinajstić information content (AvgIpc) is 3.01. The Hall–Kier alpha value is -2.11. The Labute approximate surface area is 146 Å². The van der Waals surface area contributed by atoms with Crippen molar-refractivity contribution in [1.29, 1.82) is 0 Å². The van der Waals surface area contributed by atoms with E-state index in [4.69, 9.17) is 9.15 Å². The molecule has 0 aliphatic carbocycles. The molecule has 0 bridgehead atoms. The maximum absolute atomic E-state index is 12.3. The topological polar surface area (TPSA) is 71.7 Å². The van der Waals surface area contributed by atoms with Crippen LogP contribution in [-0.4, -0.2) is 29.6 Å². The molecule has 5 heteroatoms. The molecule has 2 aliphatic rings. The molecule has 2 aliphatic heterocycles. The van der Waals surface area contributed by atoms with Crippen LogP contribution in [0.4, 0.5) is 0 Å². The summed E-state index contributed by atoms with van der Waals surface area (Å²) >= 11 is 0. The highest BCUT2D eigenvalue weighted by atomic mass is 16.5. The van der Waals surface area contributed by atoms with Crippen molar-refractivity contribution in [1.82, 2.24) is 5.32 Å².